The molecule has 0 radical (unpaired) electrons. The number of carbonyl (C=O) groups is 1. The van der Waals surface area contributed by atoms with Gasteiger partial charge < -0.3 is 4.90 Å². The third kappa shape index (κ3) is 4.38. The number of fused-ring (bicyclic) bond motifs is 1. The van der Waals surface area contributed by atoms with Crippen molar-refractivity contribution in [1.29, 1.82) is 0 Å². The van der Waals surface area contributed by atoms with Gasteiger partial charge in [-0.15, -0.1) is 0 Å². The Hall–Kier alpha value is -3.16. The summed E-state index contributed by atoms with van der Waals surface area (Å²) < 4.78 is 27.6. The maximum atomic E-state index is 13.1. The van der Waals surface area contributed by atoms with Gasteiger partial charge in [-0.1, -0.05) is 48.5 Å². The molecule has 0 unspecified atom stereocenters. The van der Waals surface area contributed by atoms with Crippen LogP contribution in [0.4, 0.5) is 5.69 Å². The second kappa shape index (κ2) is 9.00. The third-order valence-corrected chi connectivity index (χ3v) is 8.25. The first-order valence-electron chi connectivity index (χ1n) is 11.3. The molecule has 2 aliphatic rings. The van der Waals surface area contributed by atoms with Crippen molar-refractivity contribution in [3.05, 3.63) is 95.6 Å². The van der Waals surface area contributed by atoms with Crippen molar-refractivity contribution in [3.63, 3.8) is 0 Å². The Bertz CT molecular complexity index is 1240. The highest BCUT2D eigenvalue weighted by molar-refractivity contribution is 7.92. The largest absolute Gasteiger partial charge is 0.336 e. The van der Waals surface area contributed by atoms with Crippen LogP contribution < -0.4 is 4.31 Å². The average Bonchev–Trinajstić information content (AvgIpc) is 3.29. The van der Waals surface area contributed by atoms with Crippen LogP contribution in [0.3, 0.4) is 0 Å². The van der Waals surface area contributed by atoms with Gasteiger partial charge in [0.25, 0.3) is 15.9 Å². The molecule has 6 nitrogen and oxygen atoms in total. The number of sulfonamides is 1. The molecular formula is C26H27N3O3S. The Balaban J connectivity index is 1.26. The lowest BCUT2D eigenvalue weighted by Crippen LogP contribution is -2.48. The van der Waals surface area contributed by atoms with Gasteiger partial charge in [-0.2, -0.15) is 0 Å². The summed E-state index contributed by atoms with van der Waals surface area (Å²) in [5.41, 5.74) is 3.49. The monoisotopic (exact) mass is 461 g/mol. The van der Waals surface area contributed by atoms with E-state index in [-0.39, 0.29) is 10.8 Å². The number of amides is 1. The van der Waals surface area contributed by atoms with Crippen LogP contribution in [0.15, 0.2) is 83.8 Å². The number of benzene rings is 3. The minimum Gasteiger partial charge on any atom is -0.336 e. The normalized spacial score (nSPS) is 16.6. The Morgan fingerprint density at radius 3 is 2.15 bits per heavy atom. The molecule has 0 spiro atoms. The zero-order valence-corrected chi connectivity index (χ0v) is 19.2. The maximum absolute atomic E-state index is 13.1. The van der Waals surface area contributed by atoms with Gasteiger partial charge in [-0.05, 0) is 47.9 Å². The van der Waals surface area contributed by atoms with E-state index in [9.17, 15) is 13.2 Å². The molecule has 0 bridgehead atoms. The summed E-state index contributed by atoms with van der Waals surface area (Å²) >= 11 is 0. The SMILES string of the molecule is O=C(c1ccc2c(c1)CCN2S(=O)(=O)c1ccccc1)N1CCN(Cc2ccccc2)CC1. The van der Waals surface area contributed by atoms with Crippen molar-refractivity contribution in [2.24, 2.45) is 0 Å². The minimum absolute atomic E-state index is 0.0153. The first-order valence-corrected chi connectivity index (χ1v) is 12.7. The molecule has 2 heterocycles. The summed E-state index contributed by atoms with van der Waals surface area (Å²) in [6, 6.07) is 24.3. The predicted octanol–water partition coefficient (Wildman–Crippen LogP) is 3.40. The second-order valence-corrected chi connectivity index (χ2v) is 10.4. The van der Waals surface area contributed by atoms with Gasteiger partial charge >= 0.3 is 0 Å². The van der Waals surface area contributed by atoms with E-state index in [1.165, 1.54) is 9.87 Å². The predicted molar refractivity (Wildman–Crippen MR) is 129 cm³/mol. The van der Waals surface area contributed by atoms with Crippen LogP contribution in [0.1, 0.15) is 21.5 Å². The molecule has 0 aliphatic carbocycles. The summed E-state index contributed by atoms with van der Waals surface area (Å²) in [4.78, 5) is 17.7. The Morgan fingerprint density at radius 1 is 0.788 bits per heavy atom. The Kier molecular flexibility index (Phi) is 5.91. The fourth-order valence-electron chi connectivity index (χ4n) is 4.61. The first-order chi connectivity index (χ1) is 16.0. The van der Waals surface area contributed by atoms with Gasteiger partial charge in [0.15, 0.2) is 0 Å². The van der Waals surface area contributed by atoms with Gasteiger partial charge in [0.05, 0.1) is 10.6 Å². The van der Waals surface area contributed by atoms with Crippen LogP contribution in [0.25, 0.3) is 0 Å². The van der Waals surface area contributed by atoms with E-state index in [2.05, 4.69) is 29.2 Å². The molecule has 0 aromatic heterocycles. The minimum atomic E-state index is -3.61. The van der Waals surface area contributed by atoms with Crippen molar-refractivity contribution >= 4 is 21.6 Å². The molecule has 170 valence electrons. The zero-order valence-electron chi connectivity index (χ0n) is 18.4. The molecule has 1 saturated heterocycles. The summed E-state index contributed by atoms with van der Waals surface area (Å²) in [5, 5.41) is 0. The highest BCUT2D eigenvalue weighted by atomic mass is 32.2. The van der Waals surface area contributed by atoms with Crippen molar-refractivity contribution in [2.75, 3.05) is 37.0 Å². The molecule has 0 saturated carbocycles. The number of hydrogen-bond acceptors (Lipinski definition) is 4. The molecule has 0 atom stereocenters. The van der Waals surface area contributed by atoms with E-state index in [1.54, 1.807) is 42.5 Å². The number of rotatable bonds is 5. The molecule has 5 rings (SSSR count). The van der Waals surface area contributed by atoms with Crippen molar-refractivity contribution < 1.29 is 13.2 Å². The van der Waals surface area contributed by atoms with Crippen LogP contribution in [0.5, 0.6) is 0 Å². The molecule has 1 fully saturated rings. The lowest BCUT2D eigenvalue weighted by atomic mass is 10.1. The summed E-state index contributed by atoms with van der Waals surface area (Å²) in [5.74, 6) is 0.0153. The second-order valence-electron chi connectivity index (χ2n) is 8.54. The van der Waals surface area contributed by atoms with Gasteiger partial charge in [-0.25, -0.2) is 8.42 Å². The van der Waals surface area contributed by atoms with Gasteiger partial charge in [-0.3, -0.25) is 14.0 Å². The quantitative estimate of drug-likeness (QED) is 0.584. The van der Waals surface area contributed by atoms with Gasteiger partial charge in [0.2, 0.25) is 0 Å². The smallest absolute Gasteiger partial charge is 0.264 e. The van der Waals surface area contributed by atoms with Crippen molar-refractivity contribution in [1.82, 2.24) is 9.80 Å². The highest BCUT2D eigenvalue weighted by Crippen LogP contribution is 2.33. The third-order valence-electron chi connectivity index (χ3n) is 6.42. The van der Waals surface area contributed by atoms with Crippen LogP contribution >= 0.6 is 0 Å². The molecular weight excluding hydrogens is 434 g/mol. The van der Waals surface area contributed by atoms with E-state index < -0.39 is 10.0 Å². The number of hydrogen-bond donors (Lipinski definition) is 0. The van der Waals surface area contributed by atoms with E-state index in [1.807, 2.05) is 17.0 Å². The van der Waals surface area contributed by atoms with Crippen molar-refractivity contribution in [2.45, 2.75) is 17.9 Å². The van der Waals surface area contributed by atoms with E-state index in [0.717, 1.165) is 25.2 Å². The van der Waals surface area contributed by atoms with Crippen LogP contribution in [0, 0.1) is 0 Å². The summed E-state index contributed by atoms with van der Waals surface area (Å²) in [6.07, 6.45) is 0.605. The number of nitrogens with zero attached hydrogens (tertiary/aromatic N) is 3. The number of carbonyl (C=O) groups excluding carboxylic acids is 1. The van der Waals surface area contributed by atoms with E-state index >= 15 is 0 Å². The molecule has 2 aliphatic heterocycles. The van der Waals surface area contributed by atoms with Crippen LogP contribution in [-0.4, -0.2) is 56.8 Å². The maximum Gasteiger partial charge on any atom is 0.264 e. The van der Waals surface area contributed by atoms with Crippen LogP contribution in [0.2, 0.25) is 0 Å². The van der Waals surface area contributed by atoms with Crippen molar-refractivity contribution in [3.8, 4) is 0 Å². The molecule has 0 N–H and O–H groups in total. The topological polar surface area (TPSA) is 60.9 Å². The van der Waals surface area contributed by atoms with E-state index in [4.69, 9.17) is 0 Å². The fraction of sp³-hybridized carbons (Fsp3) is 0.269. The Labute approximate surface area is 195 Å². The average molecular weight is 462 g/mol. The molecule has 7 heteroatoms. The Morgan fingerprint density at radius 2 is 1.45 bits per heavy atom. The molecule has 33 heavy (non-hydrogen) atoms. The highest BCUT2D eigenvalue weighted by Gasteiger charge is 2.32. The molecule has 3 aromatic carbocycles. The molecule has 1 amide bonds. The molecule has 3 aromatic rings. The van der Waals surface area contributed by atoms with Crippen LogP contribution in [-0.2, 0) is 23.0 Å². The number of anilines is 1. The number of piperazine rings is 1. The lowest BCUT2D eigenvalue weighted by molar-refractivity contribution is 0.0628. The van der Waals surface area contributed by atoms with E-state index in [0.29, 0.717) is 37.3 Å². The summed E-state index contributed by atoms with van der Waals surface area (Å²) in [7, 11) is -3.61. The summed E-state index contributed by atoms with van der Waals surface area (Å²) in [6.45, 7) is 4.35. The standard InChI is InChI=1S/C26H27N3O3S/c30-26(28-17-15-27(16-18-28)20-21-7-3-1-4-8-21)23-11-12-25-22(19-23)13-14-29(25)33(31,32)24-9-5-2-6-10-24/h1-12,19H,13-18,20H2. The first kappa shape index (κ1) is 21.7. The zero-order chi connectivity index (χ0) is 22.8. The van der Waals surface area contributed by atoms with Gasteiger partial charge in [0, 0.05) is 44.8 Å². The van der Waals surface area contributed by atoms with Gasteiger partial charge in [0.1, 0.15) is 0 Å². The lowest BCUT2D eigenvalue weighted by Gasteiger charge is -2.35. The fourth-order valence-corrected chi connectivity index (χ4v) is 6.13.